The number of aromatic nitrogens is 3. The Morgan fingerprint density at radius 3 is 2.55 bits per heavy atom. The zero-order valence-corrected chi connectivity index (χ0v) is 40.8. The third-order valence-electron chi connectivity index (χ3n) is 13.8. The van der Waals surface area contributed by atoms with Crippen molar-refractivity contribution >= 4 is 56.0 Å². The highest BCUT2D eigenvalue weighted by Gasteiger charge is 2.62. The number of hydrogen-bond acceptors (Lipinski definition) is 13. The topological polar surface area (TPSA) is 185 Å². The minimum atomic E-state index is -3.97. The number of rotatable bonds is 10. The molecule has 4 aromatic rings. The van der Waals surface area contributed by atoms with Gasteiger partial charge in [0, 0.05) is 41.3 Å². The first-order valence-electron chi connectivity index (χ1n) is 23.7. The predicted molar refractivity (Wildman–Crippen MR) is 253 cm³/mol. The third-order valence-corrected chi connectivity index (χ3v) is 16.9. The Morgan fingerprint density at radius 1 is 1.03 bits per heavy atom. The molecule has 67 heavy (non-hydrogen) atoms. The number of thiazole rings is 1. The summed E-state index contributed by atoms with van der Waals surface area (Å²) in [5.74, 6) is -1.59. The first-order chi connectivity index (χ1) is 31.8. The second-order valence-corrected chi connectivity index (χ2v) is 23.5. The molecule has 358 valence electrons. The van der Waals surface area contributed by atoms with Crippen molar-refractivity contribution < 1.29 is 46.5 Å². The molecule has 2 amide bonds. The van der Waals surface area contributed by atoms with Gasteiger partial charge in [-0.2, -0.15) is 4.98 Å². The second-order valence-electron chi connectivity index (χ2n) is 20.5. The van der Waals surface area contributed by atoms with Gasteiger partial charge in [-0.05, 0) is 116 Å². The summed E-state index contributed by atoms with van der Waals surface area (Å²) in [6.07, 6.45) is 7.66. The van der Waals surface area contributed by atoms with Crippen LogP contribution in [0.4, 0.5) is 0 Å². The van der Waals surface area contributed by atoms with Crippen molar-refractivity contribution in [2.75, 3.05) is 19.8 Å². The Bertz CT molecular complexity index is 2730. The normalized spacial score (nSPS) is 25.7. The van der Waals surface area contributed by atoms with Gasteiger partial charge in [-0.25, -0.2) is 13.4 Å². The van der Waals surface area contributed by atoms with E-state index in [0.29, 0.717) is 68.3 Å². The van der Waals surface area contributed by atoms with E-state index in [1.54, 1.807) is 27.7 Å². The van der Waals surface area contributed by atoms with Gasteiger partial charge in [-0.3, -0.25) is 28.5 Å². The number of benzene rings is 2. The summed E-state index contributed by atoms with van der Waals surface area (Å²) in [6, 6.07) is 10.9. The van der Waals surface area contributed by atoms with Crippen molar-refractivity contribution in [1.29, 1.82) is 0 Å². The maximum absolute atomic E-state index is 14.9. The molecule has 3 fully saturated rings. The van der Waals surface area contributed by atoms with Crippen LogP contribution in [-0.4, -0.2) is 93.7 Å². The molecule has 15 nitrogen and oxygen atoms in total. The van der Waals surface area contributed by atoms with Gasteiger partial charge in [0.05, 0.1) is 40.4 Å². The quantitative estimate of drug-likeness (QED) is 0.119. The molecule has 5 aliphatic rings. The van der Waals surface area contributed by atoms with Gasteiger partial charge in [-0.1, -0.05) is 31.1 Å². The number of allylic oxidation sites excluding steroid dienone is 2. The second kappa shape index (κ2) is 18.0. The zero-order chi connectivity index (χ0) is 47.5. The van der Waals surface area contributed by atoms with E-state index in [1.165, 1.54) is 16.2 Å². The number of nitrogens with one attached hydrogen (secondary N) is 1. The molecule has 0 radical (unpaired) electrons. The first kappa shape index (κ1) is 46.8. The molecular formula is C50H61N5O10S2. The number of sulfonamides is 1. The van der Waals surface area contributed by atoms with Gasteiger partial charge in [0.2, 0.25) is 21.8 Å². The fourth-order valence-corrected chi connectivity index (χ4v) is 11.9. The number of para-hydroxylation sites is 1. The Labute approximate surface area is 396 Å². The highest BCUT2D eigenvalue weighted by atomic mass is 32.2. The summed E-state index contributed by atoms with van der Waals surface area (Å²) in [6.45, 7) is 12.1. The fraction of sp³-hybridized carbons (Fsp3) is 0.560. The molecule has 2 aliphatic carbocycles. The summed E-state index contributed by atoms with van der Waals surface area (Å²) in [5.41, 5.74) is 1.97. The van der Waals surface area contributed by atoms with E-state index in [2.05, 4.69) is 4.72 Å². The van der Waals surface area contributed by atoms with Gasteiger partial charge < -0.3 is 23.8 Å². The molecule has 0 spiro atoms. The zero-order valence-electron chi connectivity index (χ0n) is 39.2. The Hall–Kier alpha value is -5.29. The van der Waals surface area contributed by atoms with Crippen LogP contribution in [0.3, 0.4) is 0 Å². The third kappa shape index (κ3) is 9.59. The van der Waals surface area contributed by atoms with Crippen LogP contribution in [0.25, 0.3) is 32.9 Å². The summed E-state index contributed by atoms with van der Waals surface area (Å²) in [7, 11) is -3.97. The Kier molecular flexibility index (Phi) is 12.6. The lowest BCUT2D eigenvalue weighted by Crippen LogP contribution is -2.47. The molecule has 0 unspecified atom stereocenters. The van der Waals surface area contributed by atoms with Gasteiger partial charge in [0.25, 0.3) is 6.01 Å². The van der Waals surface area contributed by atoms with E-state index in [9.17, 15) is 27.6 Å². The molecule has 3 aliphatic heterocycles. The number of hydrogen-bond donors (Lipinski definition) is 1. The summed E-state index contributed by atoms with van der Waals surface area (Å²) in [4.78, 5) is 68.9. The van der Waals surface area contributed by atoms with Crippen molar-refractivity contribution in [1.82, 2.24) is 24.2 Å². The fourth-order valence-electron chi connectivity index (χ4n) is 9.74. The molecule has 5 atom stereocenters. The van der Waals surface area contributed by atoms with Gasteiger partial charge in [0.15, 0.2) is 17.3 Å². The highest BCUT2D eigenvalue weighted by molar-refractivity contribution is 7.91. The minimum Gasteiger partial charge on any atom is -0.486 e. The average Bonchev–Trinajstić information content (AvgIpc) is 3.94. The Morgan fingerprint density at radius 2 is 1.81 bits per heavy atom. The van der Waals surface area contributed by atoms with Crippen LogP contribution in [0.2, 0.25) is 0 Å². The van der Waals surface area contributed by atoms with Crippen molar-refractivity contribution in [3.8, 4) is 39.3 Å². The molecule has 5 heterocycles. The smallest absolute Gasteiger partial charge is 0.307 e. The van der Waals surface area contributed by atoms with Crippen LogP contribution in [0, 0.1) is 17.3 Å². The Balaban J connectivity index is 1.03. The van der Waals surface area contributed by atoms with Crippen molar-refractivity contribution in [3.05, 3.63) is 53.9 Å². The average molecular weight is 956 g/mol. The number of amides is 2. The summed E-state index contributed by atoms with van der Waals surface area (Å²) >= 11 is 1.50. The van der Waals surface area contributed by atoms with Crippen LogP contribution >= 0.6 is 11.3 Å². The molecule has 2 aromatic heterocycles. The minimum absolute atomic E-state index is 0.0366. The standard InChI is InChI=1S/C50H61N5O10S2/c1-30(2)55-37-16-12-15-35(44-51-36(29-66-44)31-17-18-40-41(23-31)63-22-21-62-40)43(37)52-47(55)64-34-25-38-39(56)27-50(46(59)53-67(60,61)49(6)19-20-49)26-33(50)14-11-9-7-8-10-13-32(45(58)54(38)28-34)24-42(57)65-48(3,4)5/h11-12,14-18,23,29-30,32-34,38H,7-10,13,19-22,24-28H2,1-6H3,(H,53,59)/b14-11-/t32-,33-,34-,38+,50-/m1/s1. The molecule has 0 bridgehead atoms. The highest BCUT2D eigenvalue weighted by Crippen LogP contribution is 2.58. The number of nitrogens with zero attached hydrogens (tertiary/aromatic N) is 4. The number of carbonyl (C=O) groups excluding carboxylic acids is 4. The molecular weight excluding hydrogens is 895 g/mol. The predicted octanol–water partition coefficient (Wildman–Crippen LogP) is 8.36. The number of Topliss-reactive ketones (excluding diaryl/α,β-unsaturated/α-hetero) is 1. The number of esters is 1. The summed E-state index contributed by atoms with van der Waals surface area (Å²) in [5, 5.41) is 2.76. The lowest BCUT2D eigenvalue weighted by Gasteiger charge is -2.29. The number of ketones is 1. The molecule has 1 saturated heterocycles. The number of fused-ring (bicyclic) bond motifs is 4. The van der Waals surface area contributed by atoms with Crippen LogP contribution in [0.1, 0.15) is 118 Å². The van der Waals surface area contributed by atoms with E-state index in [-0.39, 0.29) is 49.5 Å². The van der Waals surface area contributed by atoms with Crippen molar-refractivity contribution in [2.45, 2.75) is 141 Å². The molecule has 17 heteroatoms. The van der Waals surface area contributed by atoms with Crippen LogP contribution < -0.4 is 18.9 Å². The number of carbonyl (C=O) groups is 4. The summed E-state index contributed by atoms with van der Waals surface area (Å²) < 4.78 is 54.1. The molecule has 9 rings (SSSR count). The van der Waals surface area contributed by atoms with E-state index in [0.717, 1.165) is 46.6 Å². The van der Waals surface area contributed by atoms with Gasteiger partial charge >= 0.3 is 5.97 Å². The number of imidazole rings is 1. The van der Waals surface area contributed by atoms with Gasteiger partial charge in [0.1, 0.15) is 35.4 Å². The van der Waals surface area contributed by atoms with E-state index in [4.69, 9.17) is 28.9 Å². The van der Waals surface area contributed by atoms with Crippen LogP contribution in [0.5, 0.6) is 17.5 Å². The maximum atomic E-state index is 14.9. The van der Waals surface area contributed by atoms with Crippen LogP contribution in [0.15, 0.2) is 53.9 Å². The van der Waals surface area contributed by atoms with Crippen LogP contribution in [-0.2, 0) is 33.9 Å². The molecule has 1 N–H and O–H groups in total. The van der Waals surface area contributed by atoms with Crippen molar-refractivity contribution in [2.24, 2.45) is 17.3 Å². The lowest BCUT2D eigenvalue weighted by atomic mass is 9.90. The van der Waals surface area contributed by atoms with E-state index >= 15 is 0 Å². The molecule has 2 saturated carbocycles. The largest absolute Gasteiger partial charge is 0.486 e. The SMILES string of the molecule is CC(C)n1c(O[C@@H]2C[C@H]3C(=O)C[C@]4(C(=O)NS(=O)(=O)C5(C)CC5)C[C@H]4/C=C\CCCCC[C@H](CC(=O)OC(C)(C)C)C(=O)N3C2)nc2c(-c3nc(-c4ccc5c(c4)OCCO5)cs3)cccc21. The van der Waals surface area contributed by atoms with E-state index < -0.39 is 55.7 Å². The van der Waals surface area contributed by atoms with E-state index in [1.807, 2.05) is 72.3 Å². The van der Waals surface area contributed by atoms with Crippen molar-refractivity contribution in [3.63, 3.8) is 0 Å². The first-order valence-corrected chi connectivity index (χ1v) is 26.0. The van der Waals surface area contributed by atoms with Gasteiger partial charge in [-0.15, -0.1) is 11.3 Å². The monoisotopic (exact) mass is 955 g/mol. The molecule has 2 aromatic carbocycles. The number of ether oxygens (including phenoxy) is 4. The maximum Gasteiger partial charge on any atom is 0.307 e. The lowest BCUT2D eigenvalue weighted by molar-refractivity contribution is -0.159.